The van der Waals surface area contributed by atoms with Gasteiger partial charge in [-0.05, 0) is 38.3 Å². The first-order valence-corrected chi connectivity index (χ1v) is 10.2. The number of rotatable bonds is 10. The zero-order valence-corrected chi connectivity index (χ0v) is 20.3. The number of nitrogens with one attached hydrogen (secondary N) is 1. The van der Waals surface area contributed by atoms with Gasteiger partial charge in [-0.2, -0.15) is 13.2 Å². The van der Waals surface area contributed by atoms with Crippen molar-refractivity contribution >= 4 is 29.9 Å². The fourth-order valence-corrected chi connectivity index (χ4v) is 3.13. The molecule has 11 heteroatoms. The molecular formula is C20H32F3IN4O3. The molecule has 0 atom stereocenters. The molecule has 7 nitrogen and oxygen atoms in total. The average Bonchev–Trinajstić information content (AvgIpc) is 2.73. The Labute approximate surface area is 198 Å². The van der Waals surface area contributed by atoms with E-state index in [1.165, 1.54) is 12.3 Å². The lowest BCUT2D eigenvalue weighted by molar-refractivity contribution is -0.139. The molecule has 0 amide bonds. The van der Waals surface area contributed by atoms with Gasteiger partial charge >= 0.3 is 6.18 Å². The molecule has 0 aliphatic carbocycles. The van der Waals surface area contributed by atoms with E-state index >= 15 is 0 Å². The molecule has 31 heavy (non-hydrogen) atoms. The molecular weight excluding hydrogens is 528 g/mol. The zero-order chi connectivity index (χ0) is 21.8. The normalized spacial score (nSPS) is 15.5. The first-order valence-electron chi connectivity index (χ1n) is 10.2. The monoisotopic (exact) mass is 560 g/mol. The van der Waals surface area contributed by atoms with Crippen LogP contribution in [0.15, 0.2) is 23.3 Å². The number of halogens is 4. The Kier molecular flexibility index (Phi) is 13.1. The predicted octanol–water partition coefficient (Wildman–Crippen LogP) is 3.58. The molecule has 0 saturated carbocycles. The molecule has 1 fully saturated rings. The van der Waals surface area contributed by atoms with Crippen LogP contribution in [0.4, 0.5) is 13.2 Å². The standard InChI is InChI=1S/C20H31F3N4O3.HI/c1-3-24-19(27-11-7-16(8-12-27)29-14-5-13-28-2)26-10-15-30-18-17(20(21,22)23)6-4-9-25-18;/h4,6,9,16H,3,5,7-8,10-15H2,1-2H3,(H,24,26);1H. The van der Waals surface area contributed by atoms with Crippen LogP contribution < -0.4 is 10.1 Å². The number of ether oxygens (including phenoxy) is 3. The highest BCUT2D eigenvalue weighted by Crippen LogP contribution is 2.34. The number of hydrogen-bond acceptors (Lipinski definition) is 5. The average molecular weight is 560 g/mol. The van der Waals surface area contributed by atoms with Crippen molar-refractivity contribution in [3.05, 3.63) is 23.9 Å². The van der Waals surface area contributed by atoms with Crippen molar-refractivity contribution < 1.29 is 27.4 Å². The molecule has 0 spiro atoms. The highest BCUT2D eigenvalue weighted by atomic mass is 127. The van der Waals surface area contributed by atoms with Crippen molar-refractivity contribution in [2.45, 2.75) is 38.5 Å². The van der Waals surface area contributed by atoms with Crippen LogP contribution in [0, 0.1) is 0 Å². The van der Waals surface area contributed by atoms with Crippen molar-refractivity contribution in [1.82, 2.24) is 15.2 Å². The maximum absolute atomic E-state index is 13.0. The number of guanidine groups is 1. The van der Waals surface area contributed by atoms with E-state index in [0.29, 0.717) is 19.8 Å². The van der Waals surface area contributed by atoms with Crippen LogP contribution >= 0.6 is 24.0 Å². The van der Waals surface area contributed by atoms with Crippen LogP contribution in [0.5, 0.6) is 5.88 Å². The molecule has 1 aromatic rings. The van der Waals surface area contributed by atoms with Gasteiger partial charge in [0.25, 0.3) is 0 Å². The maximum Gasteiger partial charge on any atom is 0.421 e. The SMILES string of the molecule is CCNC(=NCCOc1ncccc1C(F)(F)F)N1CCC(OCCCOC)CC1.I. The molecule has 1 aromatic heterocycles. The lowest BCUT2D eigenvalue weighted by Gasteiger charge is -2.34. The van der Waals surface area contributed by atoms with Crippen molar-refractivity contribution in [3.8, 4) is 5.88 Å². The summed E-state index contributed by atoms with van der Waals surface area (Å²) < 4.78 is 55.1. The summed E-state index contributed by atoms with van der Waals surface area (Å²) in [6.45, 7) is 5.91. The van der Waals surface area contributed by atoms with E-state index < -0.39 is 17.6 Å². The molecule has 0 bridgehead atoms. The van der Waals surface area contributed by atoms with Crippen molar-refractivity contribution in [1.29, 1.82) is 0 Å². The number of hydrogen-bond donors (Lipinski definition) is 1. The Morgan fingerprint density at radius 2 is 2.00 bits per heavy atom. The zero-order valence-electron chi connectivity index (χ0n) is 18.0. The predicted molar refractivity (Wildman–Crippen MR) is 123 cm³/mol. The van der Waals surface area contributed by atoms with Gasteiger partial charge in [0.2, 0.25) is 5.88 Å². The van der Waals surface area contributed by atoms with Crippen LogP contribution in [0.2, 0.25) is 0 Å². The maximum atomic E-state index is 13.0. The minimum atomic E-state index is -4.50. The van der Waals surface area contributed by atoms with Crippen LogP contribution in [-0.4, -0.2) is 75.1 Å². The topological polar surface area (TPSA) is 68.2 Å². The Bertz CT molecular complexity index is 657. The van der Waals surface area contributed by atoms with Crippen molar-refractivity contribution in [3.63, 3.8) is 0 Å². The van der Waals surface area contributed by atoms with Crippen LogP contribution in [0.1, 0.15) is 31.7 Å². The number of piperidine rings is 1. The molecule has 1 N–H and O–H groups in total. The first-order chi connectivity index (χ1) is 14.5. The molecule has 2 rings (SSSR count). The smallest absolute Gasteiger partial charge is 0.421 e. The number of alkyl halides is 3. The number of nitrogens with zero attached hydrogens (tertiary/aromatic N) is 3. The summed E-state index contributed by atoms with van der Waals surface area (Å²) in [6.07, 6.45) is -0.313. The van der Waals surface area contributed by atoms with Gasteiger partial charge in [0, 0.05) is 46.2 Å². The minimum absolute atomic E-state index is 0. The van der Waals surface area contributed by atoms with E-state index in [9.17, 15) is 13.2 Å². The minimum Gasteiger partial charge on any atom is -0.475 e. The molecule has 178 valence electrons. The number of methoxy groups -OCH3 is 1. The van der Waals surface area contributed by atoms with Gasteiger partial charge in [-0.3, -0.25) is 0 Å². The van der Waals surface area contributed by atoms with E-state index in [0.717, 1.165) is 44.4 Å². The summed E-state index contributed by atoms with van der Waals surface area (Å²) >= 11 is 0. The van der Waals surface area contributed by atoms with Crippen LogP contribution in [-0.2, 0) is 15.7 Å². The van der Waals surface area contributed by atoms with Crippen molar-refractivity contribution in [2.75, 3.05) is 53.1 Å². The summed E-state index contributed by atoms with van der Waals surface area (Å²) in [4.78, 5) is 10.3. The highest BCUT2D eigenvalue weighted by molar-refractivity contribution is 14.0. The third-order valence-electron chi connectivity index (χ3n) is 4.59. The number of aliphatic imine (C=N–C) groups is 1. The van der Waals surface area contributed by atoms with Gasteiger partial charge in [0.1, 0.15) is 12.2 Å². The van der Waals surface area contributed by atoms with Gasteiger partial charge in [0.05, 0.1) is 12.6 Å². The number of pyridine rings is 1. The second-order valence-electron chi connectivity index (χ2n) is 6.84. The van der Waals surface area contributed by atoms with Gasteiger partial charge in [0.15, 0.2) is 5.96 Å². The van der Waals surface area contributed by atoms with Gasteiger partial charge in [-0.15, -0.1) is 24.0 Å². The Hall–Kier alpha value is -1.34. The fraction of sp³-hybridized carbons (Fsp3) is 0.700. The first kappa shape index (κ1) is 27.7. The van der Waals surface area contributed by atoms with E-state index in [2.05, 4.69) is 20.2 Å². The molecule has 1 saturated heterocycles. The van der Waals surface area contributed by atoms with Gasteiger partial charge in [-0.25, -0.2) is 9.98 Å². The Balaban J connectivity index is 0.00000480. The lowest BCUT2D eigenvalue weighted by Crippen LogP contribution is -2.47. The third kappa shape index (κ3) is 9.77. The molecule has 2 heterocycles. The molecule has 0 aromatic carbocycles. The lowest BCUT2D eigenvalue weighted by atomic mass is 10.1. The van der Waals surface area contributed by atoms with E-state index in [1.54, 1.807) is 7.11 Å². The summed E-state index contributed by atoms with van der Waals surface area (Å²) in [6, 6.07) is 2.19. The largest absolute Gasteiger partial charge is 0.475 e. The Morgan fingerprint density at radius 3 is 2.65 bits per heavy atom. The molecule has 0 unspecified atom stereocenters. The molecule has 1 aliphatic rings. The summed E-state index contributed by atoms with van der Waals surface area (Å²) in [5.74, 6) is 0.313. The number of aromatic nitrogens is 1. The van der Waals surface area contributed by atoms with E-state index in [4.69, 9.17) is 14.2 Å². The molecule has 0 radical (unpaired) electrons. The van der Waals surface area contributed by atoms with Crippen LogP contribution in [0.3, 0.4) is 0 Å². The quantitative estimate of drug-likeness (QED) is 0.204. The fourth-order valence-electron chi connectivity index (χ4n) is 3.13. The number of likely N-dealkylation sites (tertiary alicyclic amines) is 1. The Morgan fingerprint density at radius 1 is 1.26 bits per heavy atom. The van der Waals surface area contributed by atoms with E-state index in [-0.39, 0.29) is 43.2 Å². The second-order valence-corrected chi connectivity index (χ2v) is 6.84. The van der Waals surface area contributed by atoms with E-state index in [1.807, 2.05) is 6.92 Å². The summed E-state index contributed by atoms with van der Waals surface area (Å²) in [5.41, 5.74) is -0.881. The molecule has 1 aliphatic heterocycles. The second kappa shape index (κ2) is 14.7. The van der Waals surface area contributed by atoms with Gasteiger partial charge < -0.3 is 24.4 Å². The summed E-state index contributed by atoms with van der Waals surface area (Å²) in [5, 5.41) is 3.23. The van der Waals surface area contributed by atoms with Crippen molar-refractivity contribution in [2.24, 2.45) is 4.99 Å². The van der Waals surface area contributed by atoms with Gasteiger partial charge in [-0.1, -0.05) is 0 Å². The summed E-state index contributed by atoms with van der Waals surface area (Å²) in [7, 11) is 1.68. The van der Waals surface area contributed by atoms with Crippen LogP contribution in [0.25, 0.3) is 0 Å². The third-order valence-corrected chi connectivity index (χ3v) is 4.59. The highest BCUT2D eigenvalue weighted by Gasteiger charge is 2.35.